The molecule has 0 radical (unpaired) electrons. The minimum absolute atomic E-state index is 0.115. The monoisotopic (exact) mass is 459 g/mol. The first kappa shape index (κ1) is 22.5. The van der Waals surface area contributed by atoms with Gasteiger partial charge in [0.25, 0.3) is 5.88 Å². The Hall–Kier alpha value is -3.21. The van der Waals surface area contributed by atoms with Crippen molar-refractivity contribution in [1.82, 2.24) is 4.98 Å². The summed E-state index contributed by atoms with van der Waals surface area (Å²) >= 11 is 6.01. The Morgan fingerprint density at radius 3 is 2.61 bits per heavy atom. The van der Waals surface area contributed by atoms with Crippen molar-refractivity contribution in [1.29, 1.82) is 0 Å². The van der Waals surface area contributed by atoms with E-state index in [2.05, 4.69) is 9.98 Å². The number of ether oxygens (including phenoxy) is 2. The number of amides is 3. The zero-order valence-electron chi connectivity index (χ0n) is 15.9. The number of halogens is 5. The number of pyridine rings is 1. The number of benzene rings is 1. The van der Waals surface area contributed by atoms with Crippen LogP contribution in [0.1, 0.15) is 19.8 Å². The summed E-state index contributed by atoms with van der Waals surface area (Å²) in [6, 6.07) is 3.13. The summed E-state index contributed by atoms with van der Waals surface area (Å²) in [6.07, 6.45) is -4.03. The maximum Gasteiger partial charge on any atom is 0.430 e. The third kappa shape index (κ3) is 4.93. The lowest BCUT2D eigenvalue weighted by atomic mass is 10.1. The van der Waals surface area contributed by atoms with Gasteiger partial charge in [-0.3, -0.25) is 4.79 Å². The van der Waals surface area contributed by atoms with E-state index in [0.29, 0.717) is 13.0 Å². The lowest BCUT2D eigenvalue weighted by Gasteiger charge is -2.25. The molecule has 0 saturated heterocycles. The second kappa shape index (κ2) is 8.88. The fraction of sp³-hybridized carbons (Fsp3) is 0.263. The molecule has 1 aromatic heterocycles. The van der Waals surface area contributed by atoms with Crippen molar-refractivity contribution in [3.05, 3.63) is 41.3 Å². The van der Waals surface area contributed by atoms with Gasteiger partial charge in [-0.1, -0.05) is 18.5 Å². The Labute approximate surface area is 178 Å². The Morgan fingerprint density at radius 2 is 1.97 bits per heavy atom. The summed E-state index contributed by atoms with van der Waals surface area (Å²) in [5.41, 5.74) is -2.21. The van der Waals surface area contributed by atoms with E-state index in [0.717, 1.165) is 12.1 Å². The summed E-state index contributed by atoms with van der Waals surface area (Å²) in [5.74, 6) is -2.37. The molecule has 164 valence electrons. The Bertz CT molecular complexity index is 1060. The number of aromatic nitrogens is 1. The lowest BCUT2D eigenvalue weighted by molar-refractivity contribution is -0.118. The molecule has 0 fully saturated rings. The first-order chi connectivity index (χ1) is 14.6. The smallest absolute Gasteiger partial charge is 0.430 e. The van der Waals surface area contributed by atoms with Gasteiger partial charge < -0.3 is 9.47 Å². The standard InChI is InChI=1S/C19H14ClF4N3O4/c1-2-6-30-17-13(4-3-5-25-17)31-14-8-12(11(21)7-10(14)20)27-16(28)9-15(19(22,23)24)26-18(27)29/h3-5,7-8H,2,6,9H2,1H3. The predicted octanol–water partition coefficient (Wildman–Crippen LogP) is 5.32. The van der Waals surface area contributed by atoms with Crippen LogP contribution in [0.3, 0.4) is 0 Å². The molecule has 2 aromatic rings. The van der Waals surface area contributed by atoms with Gasteiger partial charge in [0.1, 0.15) is 17.3 Å². The highest BCUT2D eigenvalue weighted by molar-refractivity contribution is 6.32. The number of aliphatic imine (C=N–C) groups is 1. The molecule has 1 aliphatic heterocycles. The van der Waals surface area contributed by atoms with Crippen molar-refractivity contribution in [3.63, 3.8) is 0 Å². The van der Waals surface area contributed by atoms with Crippen LogP contribution in [0.4, 0.5) is 28.0 Å². The number of hydrogen-bond acceptors (Lipinski definition) is 5. The summed E-state index contributed by atoms with van der Waals surface area (Å²) in [4.78, 5) is 31.4. The van der Waals surface area contributed by atoms with Gasteiger partial charge in [0.05, 0.1) is 23.7 Å². The van der Waals surface area contributed by atoms with Crippen LogP contribution >= 0.6 is 11.6 Å². The molecule has 2 heterocycles. The molecule has 0 bridgehead atoms. The molecule has 0 aliphatic carbocycles. The minimum atomic E-state index is -4.96. The average molecular weight is 460 g/mol. The summed E-state index contributed by atoms with van der Waals surface area (Å²) in [6.45, 7) is 2.22. The number of carbonyl (C=O) groups excluding carboxylic acids is 2. The number of carbonyl (C=O) groups is 2. The molecule has 31 heavy (non-hydrogen) atoms. The molecule has 7 nitrogen and oxygen atoms in total. The van der Waals surface area contributed by atoms with Crippen LogP contribution in [0.25, 0.3) is 0 Å². The number of imide groups is 1. The van der Waals surface area contributed by atoms with Crippen LogP contribution in [0.5, 0.6) is 17.4 Å². The first-order valence-corrected chi connectivity index (χ1v) is 9.26. The number of hydrogen-bond donors (Lipinski definition) is 0. The molecule has 1 aliphatic rings. The predicted molar refractivity (Wildman–Crippen MR) is 102 cm³/mol. The molecule has 3 amide bonds. The molecular weight excluding hydrogens is 446 g/mol. The number of rotatable bonds is 6. The van der Waals surface area contributed by atoms with Gasteiger partial charge in [-0.2, -0.15) is 18.2 Å². The molecule has 0 spiro atoms. The second-order valence-electron chi connectivity index (χ2n) is 6.24. The highest BCUT2D eigenvalue weighted by Crippen LogP contribution is 2.39. The SMILES string of the molecule is CCCOc1ncccc1Oc1cc(N2C(=O)CC(C(F)(F)F)=NC2=O)c(F)cc1Cl. The van der Waals surface area contributed by atoms with E-state index in [1.54, 1.807) is 0 Å². The summed E-state index contributed by atoms with van der Waals surface area (Å²) < 4.78 is 64.0. The Morgan fingerprint density at radius 1 is 1.23 bits per heavy atom. The van der Waals surface area contributed by atoms with Gasteiger partial charge in [-0.05, 0) is 24.6 Å². The third-order valence-electron chi connectivity index (χ3n) is 3.96. The Balaban J connectivity index is 1.97. The molecule has 0 saturated carbocycles. The van der Waals surface area contributed by atoms with Gasteiger partial charge in [-0.25, -0.2) is 19.1 Å². The van der Waals surface area contributed by atoms with Crippen molar-refractivity contribution in [3.8, 4) is 17.4 Å². The first-order valence-electron chi connectivity index (χ1n) is 8.88. The van der Waals surface area contributed by atoms with Crippen molar-refractivity contribution in [2.45, 2.75) is 25.9 Å². The molecule has 3 rings (SSSR count). The quantitative estimate of drug-likeness (QED) is 0.546. The number of urea groups is 1. The van der Waals surface area contributed by atoms with Crippen molar-refractivity contribution < 1.29 is 36.6 Å². The van der Waals surface area contributed by atoms with E-state index >= 15 is 0 Å². The normalized spacial score (nSPS) is 14.5. The third-order valence-corrected chi connectivity index (χ3v) is 4.25. The van der Waals surface area contributed by atoms with Crippen LogP contribution in [0, 0.1) is 5.82 Å². The van der Waals surface area contributed by atoms with Crippen LogP contribution in [0.15, 0.2) is 35.5 Å². The topological polar surface area (TPSA) is 81.1 Å². The van der Waals surface area contributed by atoms with Gasteiger partial charge in [-0.15, -0.1) is 0 Å². The summed E-state index contributed by atoms with van der Waals surface area (Å²) in [7, 11) is 0. The largest absolute Gasteiger partial charge is 0.475 e. The van der Waals surface area contributed by atoms with Crippen LogP contribution in [-0.2, 0) is 4.79 Å². The lowest BCUT2D eigenvalue weighted by Crippen LogP contribution is -2.44. The average Bonchev–Trinajstić information content (AvgIpc) is 2.69. The van der Waals surface area contributed by atoms with E-state index in [9.17, 15) is 27.2 Å². The summed E-state index contributed by atoms with van der Waals surface area (Å²) in [5, 5.41) is -0.220. The zero-order valence-corrected chi connectivity index (χ0v) is 16.6. The van der Waals surface area contributed by atoms with E-state index in [-0.39, 0.29) is 27.3 Å². The minimum Gasteiger partial charge on any atom is -0.475 e. The van der Waals surface area contributed by atoms with Gasteiger partial charge >= 0.3 is 12.2 Å². The van der Waals surface area contributed by atoms with Crippen LogP contribution < -0.4 is 14.4 Å². The van der Waals surface area contributed by atoms with E-state index in [1.165, 1.54) is 18.3 Å². The molecule has 0 unspecified atom stereocenters. The van der Waals surface area contributed by atoms with E-state index in [4.69, 9.17) is 21.1 Å². The van der Waals surface area contributed by atoms with Crippen molar-refractivity contribution in [2.24, 2.45) is 4.99 Å². The molecular formula is C19H14ClF4N3O4. The highest BCUT2D eigenvalue weighted by atomic mass is 35.5. The van der Waals surface area contributed by atoms with Crippen molar-refractivity contribution >= 4 is 34.9 Å². The van der Waals surface area contributed by atoms with Gasteiger partial charge in [0, 0.05) is 12.3 Å². The second-order valence-corrected chi connectivity index (χ2v) is 6.64. The maximum atomic E-state index is 14.5. The fourth-order valence-corrected chi connectivity index (χ4v) is 2.77. The molecule has 1 aromatic carbocycles. The van der Waals surface area contributed by atoms with Gasteiger partial charge in [0.2, 0.25) is 5.91 Å². The number of alkyl halides is 3. The Kier molecular flexibility index (Phi) is 6.44. The maximum absolute atomic E-state index is 14.5. The van der Waals surface area contributed by atoms with Crippen LogP contribution in [-0.4, -0.2) is 35.4 Å². The van der Waals surface area contributed by atoms with Crippen LogP contribution in [0.2, 0.25) is 5.02 Å². The highest BCUT2D eigenvalue weighted by Gasteiger charge is 2.43. The van der Waals surface area contributed by atoms with E-state index < -0.39 is 41.8 Å². The number of anilines is 1. The molecule has 0 atom stereocenters. The van der Waals surface area contributed by atoms with Gasteiger partial charge in [0.15, 0.2) is 5.75 Å². The zero-order chi connectivity index (χ0) is 22.8. The molecule has 12 heteroatoms. The van der Waals surface area contributed by atoms with E-state index in [1.807, 2.05) is 6.92 Å². The fourth-order valence-electron chi connectivity index (χ4n) is 2.58. The number of nitrogens with zero attached hydrogens (tertiary/aromatic N) is 3. The van der Waals surface area contributed by atoms with Crippen molar-refractivity contribution in [2.75, 3.05) is 11.5 Å². The molecule has 0 N–H and O–H groups in total.